The Balaban J connectivity index is 3.62. The van der Waals surface area contributed by atoms with Crippen molar-refractivity contribution in [1.29, 1.82) is 0 Å². The molecule has 0 unspecified atom stereocenters. The van der Waals surface area contributed by atoms with Crippen LogP contribution in [0.4, 0.5) is 0 Å². The van der Waals surface area contributed by atoms with Crippen LogP contribution >= 0.6 is 0 Å². The van der Waals surface area contributed by atoms with Gasteiger partial charge in [-0.05, 0) is 53.0 Å². The third kappa shape index (κ3) is 19.3. The molecular formula is C27H52N2O3. The third-order valence-corrected chi connectivity index (χ3v) is 5.78. The first-order valence-electron chi connectivity index (χ1n) is 13.3. The molecule has 0 saturated heterocycles. The minimum absolute atomic E-state index is 0.0991. The molecule has 0 aliphatic heterocycles. The largest absolute Gasteiger partial charge is 0.461 e. The molecule has 0 aromatic carbocycles. The van der Waals surface area contributed by atoms with Crippen LogP contribution in [0.25, 0.3) is 0 Å². The first-order valence-corrected chi connectivity index (χ1v) is 13.3. The highest BCUT2D eigenvalue weighted by Gasteiger charge is 2.17. The van der Waals surface area contributed by atoms with Crippen LogP contribution in [0.2, 0.25) is 0 Å². The van der Waals surface area contributed by atoms with Gasteiger partial charge in [0.25, 0.3) is 0 Å². The number of allylic oxidation sites excluding steroid dienone is 2. The first kappa shape index (κ1) is 30.6. The van der Waals surface area contributed by atoms with E-state index < -0.39 is 0 Å². The maximum Gasteiger partial charge on any atom is 0.306 e. The van der Waals surface area contributed by atoms with Crippen LogP contribution in [-0.4, -0.2) is 49.6 Å². The lowest BCUT2D eigenvalue weighted by atomic mass is 10.1. The third-order valence-electron chi connectivity index (χ3n) is 5.78. The zero-order chi connectivity index (χ0) is 23.9. The minimum atomic E-state index is -0.260. The summed E-state index contributed by atoms with van der Waals surface area (Å²) in [5.74, 6) is -0.0455. The van der Waals surface area contributed by atoms with Crippen molar-refractivity contribution >= 4 is 11.9 Å². The summed E-state index contributed by atoms with van der Waals surface area (Å²) >= 11 is 0. The van der Waals surface area contributed by atoms with Gasteiger partial charge in [0.05, 0.1) is 6.54 Å². The molecule has 32 heavy (non-hydrogen) atoms. The normalized spacial score (nSPS) is 12.2. The molecule has 0 saturated carbocycles. The lowest BCUT2D eigenvalue weighted by molar-refractivity contribution is -0.151. The lowest BCUT2D eigenvalue weighted by Gasteiger charge is -2.24. The summed E-state index contributed by atoms with van der Waals surface area (Å²) in [5.41, 5.74) is 0. The molecule has 188 valence electrons. The Kier molecular flexibility index (Phi) is 21.9. The Morgan fingerprint density at radius 1 is 0.844 bits per heavy atom. The first-order chi connectivity index (χ1) is 15.5. The number of amides is 1. The van der Waals surface area contributed by atoms with Crippen molar-refractivity contribution in [2.45, 2.75) is 123 Å². The average Bonchev–Trinajstić information content (AvgIpc) is 2.78. The lowest BCUT2D eigenvalue weighted by Crippen LogP contribution is -2.39. The summed E-state index contributed by atoms with van der Waals surface area (Å²) in [5, 5.41) is 2.99. The molecule has 1 atom stereocenters. The van der Waals surface area contributed by atoms with Crippen LogP contribution in [0, 0.1) is 0 Å². The van der Waals surface area contributed by atoms with Crippen LogP contribution in [0.5, 0.6) is 0 Å². The molecule has 5 heteroatoms. The summed E-state index contributed by atoms with van der Waals surface area (Å²) in [7, 11) is 1.84. The number of nitrogens with one attached hydrogen (secondary N) is 1. The zero-order valence-corrected chi connectivity index (χ0v) is 21.6. The Morgan fingerprint density at radius 3 is 1.97 bits per heavy atom. The molecule has 5 nitrogen and oxygen atoms in total. The molecule has 0 aliphatic carbocycles. The highest BCUT2D eigenvalue weighted by Crippen LogP contribution is 2.11. The smallest absolute Gasteiger partial charge is 0.306 e. The second-order valence-electron chi connectivity index (χ2n) is 8.92. The topological polar surface area (TPSA) is 58.6 Å². The number of nitrogens with zero attached hydrogens (tertiary/aromatic N) is 1. The molecule has 1 amide bonds. The molecule has 0 aliphatic rings. The molecular weight excluding hydrogens is 400 g/mol. The van der Waals surface area contributed by atoms with Gasteiger partial charge in [0.15, 0.2) is 0 Å². The number of hydrogen-bond acceptors (Lipinski definition) is 4. The van der Waals surface area contributed by atoms with Gasteiger partial charge in [0, 0.05) is 25.9 Å². The fraction of sp³-hybridized carbons (Fsp3) is 0.852. The predicted molar refractivity (Wildman–Crippen MR) is 136 cm³/mol. The van der Waals surface area contributed by atoms with Crippen molar-refractivity contribution < 1.29 is 14.3 Å². The van der Waals surface area contributed by atoms with E-state index in [1.165, 1.54) is 70.6 Å². The van der Waals surface area contributed by atoms with Gasteiger partial charge in [-0.2, -0.15) is 0 Å². The second kappa shape index (κ2) is 22.8. The van der Waals surface area contributed by atoms with Gasteiger partial charge in [0.1, 0.15) is 6.10 Å². The molecule has 0 rings (SSSR count). The molecule has 0 spiro atoms. The van der Waals surface area contributed by atoms with Gasteiger partial charge in [-0.25, -0.2) is 0 Å². The minimum Gasteiger partial charge on any atom is -0.461 e. The Bertz CT molecular complexity index is 480. The van der Waals surface area contributed by atoms with Crippen LogP contribution in [0.1, 0.15) is 117 Å². The number of esters is 1. The second-order valence-corrected chi connectivity index (χ2v) is 8.92. The number of unbranched alkanes of at least 4 members (excludes halogenated alkanes) is 11. The van der Waals surface area contributed by atoms with Crippen molar-refractivity contribution in [2.24, 2.45) is 0 Å². The van der Waals surface area contributed by atoms with E-state index in [0.29, 0.717) is 32.5 Å². The van der Waals surface area contributed by atoms with E-state index >= 15 is 0 Å². The maximum absolute atomic E-state index is 12.1. The molecule has 0 aromatic rings. The predicted octanol–water partition coefficient (Wildman–Crippen LogP) is 6.41. The van der Waals surface area contributed by atoms with Gasteiger partial charge in [-0.3, -0.25) is 9.59 Å². The quantitative estimate of drug-likeness (QED) is 0.117. The van der Waals surface area contributed by atoms with E-state index in [9.17, 15) is 9.59 Å². The average molecular weight is 453 g/mol. The summed E-state index contributed by atoms with van der Waals surface area (Å²) in [6.07, 6.45) is 21.6. The standard InChI is InChI=1S/C27H52N2O3/c1-5-7-8-9-10-11-12-13-14-15-16-17-18-19-20-21-27(31)32-25(3)24-29(6-2)26(30)22-23-28-4/h13-14,25,28H,5-12,15-24H2,1-4H3/b14-13-/t25-/m0/s1. The summed E-state index contributed by atoms with van der Waals surface area (Å²) in [6, 6.07) is 0. The van der Waals surface area contributed by atoms with Gasteiger partial charge in [0.2, 0.25) is 5.91 Å². The number of ether oxygens (including phenoxy) is 1. The van der Waals surface area contributed by atoms with E-state index in [4.69, 9.17) is 4.74 Å². The van der Waals surface area contributed by atoms with Crippen LogP contribution in [0.3, 0.4) is 0 Å². The van der Waals surface area contributed by atoms with Gasteiger partial charge in [-0.15, -0.1) is 0 Å². The molecule has 1 N–H and O–H groups in total. The number of rotatable bonds is 22. The van der Waals surface area contributed by atoms with Gasteiger partial charge < -0.3 is 15.0 Å². The van der Waals surface area contributed by atoms with Crippen molar-refractivity contribution in [3.05, 3.63) is 12.2 Å². The van der Waals surface area contributed by atoms with Crippen LogP contribution in [-0.2, 0) is 14.3 Å². The van der Waals surface area contributed by atoms with Crippen LogP contribution < -0.4 is 5.32 Å². The van der Waals surface area contributed by atoms with Crippen LogP contribution in [0.15, 0.2) is 12.2 Å². The van der Waals surface area contributed by atoms with Crippen molar-refractivity contribution in [2.75, 3.05) is 26.7 Å². The molecule has 0 aromatic heterocycles. The number of carbonyl (C=O) groups is 2. The summed E-state index contributed by atoms with van der Waals surface area (Å²) < 4.78 is 5.50. The maximum atomic E-state index is 12.1. The Morgan fingerprint density at radius 2 is 1.41 bits per heavy atom. The van der Waals surface area contributed by atoms with E-state index in [-0.39, 0.29) is 18.0 Å². The number of hydrogen-bond donors (Lipinski definition) is 1. The highest BCUT2D eigenvalue weighted by molar-refractivity contribution is 5.76. The van der Waals surface area contributed by atoms with E-state index in [2.05, 4.69) is 24.4 Å². The van der Waals surface area contributed by atoms with E-state index in [1.807, 2.05) is 20.9 Å². The van der Waals surface area contributed by atoms with Gasteiger partial charge >= 0.3 is 5.97 Å². The SMILES string of the molecule is CCCCCCCC/C=C\CCCCCCCC(=O)O[C@@H](C)CN(CC)C(=O)CCNC. The van der Waals surface area contributed by atoms with Crippen molar-refractivity contribution in [3.63, 3.8) is 0 Å². The zero-order valence-electron chi connectivity index (χ0n) is 21.6. The Labute approximate surface area is 198 Å². The fourth-order valence-electron chi connectivity index (χ4n) is 3.77. The number of likely N-dealkylation sites (N-methyl/N-ethyl adjacent to an activating group) is 1. The molecule has 0 bridgehead atoms. The monoisotopic (exact) mass is 452 g/mol. The van der Waals surface area contributed by atoms with E-state index in [0.717, 1.165) is 12.8 Å². The fourth-order valence-corrected chi connectivity index (χ4v) is 3.77. The molecule has 0 radical (unpaired) electrons. The summed E-state index contributed by atoms with van der Waals surface area (Å²) in [6.45, 7) is 7.86. The van der Waals surface area contributed by atoms with Crippen molar-refractivity contribution in [1.82, 2.24) is 10.2 Å². The highest BCUT2D eigenvalue weighted by atomic mass is 16.5. The van der Waals surface area contributed by atoms with Crippen molar-refractivity contribution in [3.8, 4) is 0 Å². The molecule has 0 heterocycles. The van der Waals surface area contributed by atoms with Gasteiger partial charge in [-0.1, -0.05) is 70.4 Å². The van der Waals surface area contributed by atoms with E-state index in [1.54, 1.807) is 4.90 Å². The number of carbonyl (C=O) groups excluding carboxylic acids is 2. The summed E-state index contributed by atoms with van der Waals surface area (Å²) in [4.78, 5) is 25.9. The molecule has 0 fully saturated rings. The Hall–Kier alpha value is -1.36.